The van der Waals surface area contributed by atoms with Crippen LogP contribution in [0.3, 0.4) is 0 Å². The van der Waals surface area contributed by atoms with E-state index in [1.165, 1.54) is 5.01 Å². The van der Waals surface area contributed by atoms with Crippen LogP contribution in [0.2, 0.25) is 0 Å². The number of hydrogen-bond donors (Lipinski definition) is 2. The van der Waals surface area contributed by atoms with Crippen LogP contribution < -0.4 is 16.6 Å². The number of anilines is 1. The first-order valence-electron chi connectivity index (χ1n) is 4.80. The maximum absolute atomic E-state index is 5.77. The van der Waals surface area contributed by atoms with Gasteiger partial charge >= 0.3 is 0 Å². The summed E-state index contributed by atoms with van der Waals surface area (Å²) in [6.07, 6.45) is 5.05. The zero-order valence-corrected chi connectivity index (χ0v) is 9.31. The van der Waals surface area contributed by atoms with Gasteiger partial charge in [-0.2, -0.15) is 0 Å². The van der Waals surface area contributed by atoms with Crippen molar-refractivity contribution in [3.63, 3.8) is 0 Å². The first-order valence-corrected chi connectivity index (χ1v) is 4.80. The van der Waals surface area contributed by atoms with Crippen LogP contribution in [0.1, 0.15) is 19.4 Å². The van der Waals surface area contributed by atoms with E-state index in [2.05, 4.69) is 9.97 Å². The standard InChI is InChI=1S/C10H17N5/c1-7(2)9(11)6-15(12)10-13-4-8(3)5-14-10/h4-7H,11-12H2,1-3H3/b9-6-. The predicted octanol–water partition coefficient (Wildman–Crippen LogP) is 0.921. The first kappa shape index (κ1) is 11.5. The molecule has 0 fully saturated rings. The highest BCUT2D eigenvalue weighted by Gasteiger charge is 2.04. The molecule has 0 saturated heterocycles. The zero-order valence-electron chi connectivity index (χ0n) is 9.31. The van der Waals surface area contributed by atoms with E-state index in [1.807, 2.05) is 20.8 Å². The number of hydrogen-bond acceptors (Lipinski definition) is 5. The molecule has 1 heterocycles. The quantitative estimate of drug-likeness (QED) is 0.569. The summed E-state index contributed by atoms with van der Waals surface area (Å²) in [6.45, 7) is 5.91. The Labute approximate surface area is 89.8 Å². The Hall–Kier alpha value is -1.62. The molecule has 1 aromatic rings. The molecule has 0 aliphatic carbocycles. The number of rotatable bonds is 3. The fraction of sp³-hybridized carbons (Fsp3) is 0.400. The highest BCUT2D eigenvalue weighted by Crippen LogP contribution is 2.07. The maximum atomic E-state index is 5.77. The van der Waals surface area contributed by atoms with Crippen molar-refractivity contribution in [3.8, 4) is 0 Å². The lowest BCUT2D eigenvalue weighted by Crippen LogP contribution is -2.28. The first-order chi connectivity index (χ1) is 7.00. The predicted molar refractivity (Wildman–Crippen MR) is 60.5 cm³/mol. The van der Waals surface area contributed by atoms with E-state index in [4.69, 9.17) is 11.6 Å². The molecule has 0 bridgehead atoms. The summed E-state index contributed by atoms with van der Waals surface area (Å²) in [5.74, 6) is 6.42. The van der Waals surface area contributed by atoms with E-state index in [0.717, 1.165) is 5.56 Å². The summed E-state index contributed by atoms with van der Waals surface area (Å²) >= 11 is 0. The smallest absolute Gasteiger partial charge is 0.244 e. The molecule has 1 rings (SSSR count). The van der Waals surface area contributed by atoms with E-state index in [9.17, 15) is 0 Å². The molecule has 0 saturated carbocycles. The lowest BCUT2D eigenvalue weighted by molar-refractivity contribution is 0.746. The fourth-order valence-corrected chi connectivity index (χ4v) is 0.887. The monoisotopic (exact) mass is 207 g/mol. The molecular formula is C10H17N5. The zero-order chi connectivity index (χ0) is 11.4. The van der Waals surface area contributed by atoms with Gasteiger partial charge in [-0.1, -0.05) is 13.8 Å². The highest BCUT2D eigenvalue weighted by atomic mass is 15.4. The molecule has 1 aromatic heterocycles. The fourth-order valence-electron chi connectivity index (χ4n) is 0.887. The third-order valence-electron chi connectivity index (χ3n) is 1.95. The number of hydrazine groups is 1. The van der Waals surface area contributed by atoms with Crippen LogP contribution in [0, 0.1) is 12.8 Å². The number of nitrogens with zero attached hydrogens (tertiary/aromatic N) is 3. The van der Waals surface area contributed by atoms with Gasteiger partial charge in [0.05, 0.1) is 0 Å². The Balaban J connectivity index is 2.81. The lowest BCUT2D eigenvalue weighted by Gasteiger charge is -2.14. The summed E-state index contributed by atoms with van der Waals surface area (Å²) in [4.78, 5) is 8.16. The topological polar surface area (TPSA) is 81.1 Å². The summed E-state index contributed by atoms with van der Waals surface area (Å²) in [5.41, 5.74) is 7.46. The highest BCUT2D eigenvalue weighted by molar-refractivity contribution is 5.32. The van der Waals surface area contributed by atoms with Crippen molar-refractivity contribution in [1.82, 2.24) is 9.97 Å². The second kappa shape index (κ2) is 4.75. The van der Waals surface area contributed by atoms with Gasteiger partial charge in [-0.25, -0.2) is 15.8 Å². The van der Waals surface area contributed by atoms with Crippen LogP contribution in [0.25, 0.3) is 0 Å². The average Bonchev–Trinajstić information content (AvgIpc) is 2.18. The summed E-state index contributed by atoms with van der Waals surface area (Å²) in [7, 11) is 0. The summed E-state index contributed by atoms with van der Waals surface area (Å²) < 4.78 is 0. The Bertz CT molecular complexity index is 341. The van der Waals surface area contributed by atoms with Crippen molar-refractivity contribution in [3.05, 3.63) is 29.9 Å². The lowest BCUT2D eigenvalue weighted by atomic mass is 10.2. The van der Waals surface area contributed by atoms with E-state index >= 15 is 0 Å². The average molecular weight is 207 g/mol. The Kier molecular flexibility index (Phi) is 3.62. The molecule has 0 aromatic carbocycles. The van der Waals surface area contributed by atoms with Crippen LogP contribution in [0.15, 0.2) is 24.3 Å². The SMILES string of the molecule is Cc1cnc(N(N)/C=C(\N)C(C)C)nc1. The van der Waals surface area contributed by atoms with Gasteiger partial charge in [0.1, 0.15) is 0 Å². The van der Waals surface area contributed by atoms with Crippen molar-refractivity contribution >= 4 is 5.95 Å². The van der Waals surface area contributed by atoms with Gasteiger partial charge in [0.15, 0.2) is 0 Å². The molecule has 0 radical (unpaired) electrons. The number of aromatic nitrogens is 2. The van der Waals surface area contributed by atoms with Crippen molar-refractivity contribution in [2.24, 2.45) is 17.5 Å². The minimum atomic E-state index is 0.251. The molecule has 5 nitrogen and oxygen atoms in total. The minimum Gasteiger partial charge on any atom is -0.401 e. The van der Waals surface area contributed by atoms with E-state index in [1.54, 1.807) is 18.6 Å². The molecule has 5 heteroatoms. The van der Waals surface area contributed by atoms with Crippen molar-refractivity contribution in [1.29, 1.82) is 0 Å². The molecule has 82 valence electrons. The number of aryl methyl sites for hydroxylation is 1. The minimum absolute atomic E-state index is 0.251. The van der Waals surface area contributed by atoms with Gasteiger partial charge in [-0.15, -0.1) is 0 Å². The van der Waals surface area contributed by atoms with Gasteiger partial charge in [0.25, 0.3) is 0 Å². The molecule has 0 aliphatic heterocycles. The molecule has 0 unspecified atom stereocenters. The third kappa shape index (κ3) is 3.21. The number of nitrogens with two attached hydrogens (primary N) is 2. The molecule has 0 spiro atoms. The molecule has 0 atom stereocenters. The van der Waals surface area contributed by atoms with Gasteiger partial charge in [0.2, 0.25) is 5.95 Å². The van der Waals surface area contributed by atoms with E-state index < -0.39 is 0 Å². The molecule has 4 N–H and O–H groups in total. The summed E-state index contributed by atoms with van der Waals surface area (Å²) in [6, 6.07) is 0. The summed E-state index contributed by atoms with van der Waals surface area (Å²) in [5, 5.41) is 1.33. The Morgan fingerprint density at radius 1 is 1.40 bits per heavy atom. The van der Waals surface area contributed by atoms with Crippen LogP contribution in [-0.4, -0.2) is 9.97 Å². The van der Waals surface area contributed by atoms with E-state index in [-0.39, 0.29) is 5.92 Å². The molecule has 0 amide bonds. The van der Waals surface area contributed by atoms with Crippen LogP contribution in [0.5, 0.6) is 0 Å². The molecule has 0 aliphatic rings. The van der Waals surface area contributed by atoms with E-state index in [0.29, 0.717) is 11.6 Å². The van der Waals surface area contributed by atoms with Crippen LogP contribution >= 0.6 is 0 Å². The largest absolute Gasteiger partial charge is 0.401 e. The number of allylic oxidation sites excluding steroid dienone is 1. The second-order valence-electron chi connectivity index (χ2n) is 3.75. The Morgan fingerprint density at radius 3 is 2.40 bits per heavy atom. The van der Waals surface area contributed by atoms with Crippen molar-refractivity contribution in [2.45, 2.75) is 20.8 Å². The van der Waals surface area contributed by atoms with Crippen LogP contribution in [0.4, 0.5) is 5.95 Å². The van der Waals surface area contributed by atoms with Crippen LogP contribution in [-0.2, 0) is 0 Å². The second-order valence-corrected chi connectivity index (χ2v) is 3.75. The van der Waals surface area contributed by atoms with Gasteiger partial charge in [-0.3, -0.25) is 5.01 Å². The van der Waals surface area contributed by atoms with Gasteiger partial charge in [0, 0.05) is 24.3 Å². The molecular weight excluding hydrogens is 190 g/mol. The molecule has 15 heavy (non-hydrogen) atoms. The Morgan fingerprint density at radius 2 is 1.93 bits per heavy atom. The van der Waals surface area contributed by atoms with Gasteiger partial charge in [-0.05, 0) is 18.4 Å². The normalized spacial score (nSPS) is 11.9. The van der Waals surface area contributed by atoms with Gasteiger partial charge < -0.3 is 5.73 Å². The third-order valence-corrected chi connectivity index (χ3v) is 1.95. The maximum Gasteiger partial charge on any atom is 0.244 e. The van der Waals surface area contributed by atoms with Crippen molar-refractivity contribution in [2.75, 3.05) is 5.01 Å². The van der Waals surface area contributed by atoms with Crippen molar-refractivity contribution < 1.29 is 0 Å².